The van der Waals surface area contributed by atoms with E-state index < -0.39 is 19.3 Å². The summed E-state index contributed by atoms with van der Waals surface area (Å²) < 4.78 is 11.9. The van der Waals surface area contributed by atoms with E-state index in [1.807, 2.05) is 113 Å². The van der Waals surface area contributed by atoms with E-state index in [9.17, 15) is 9.59 Å². The molecule has 4 rings (SSSR count). The van der Waals surface area contributed by atoms with Crippen molar-refractivity contribution in [3.8, 4) is 0 Å². The molecule has 0 saturated heterocycles. The number of carbonyl (C=O) groups is 2. The third-order valence-corrected chi connectivity index (χ3v) is 10.1. The summed E-state index contributed by atoms with van der Waals surface area (Å²) in [5.41, 5.74) is -0.958. The molecule has 0 aliphatic carbocycles. The van der Waals surface area contributed by atoms with Gasteiger partial charge in [0.05, 0.1) is 13.2 Å². The second-order valence-electron chi connectivity index (χ2n) is 9.79. The van der Waals surface area contributed by atoms with Crippen LogP contribution >= 0.6 is 0 Å². The number of benzene rings is 4. The molecule has 0 unspecified atom stereocenters. The zero-order valence-electron chi connectivity index (χ0n) is 20.8. The first-order chi connectivity index (χ1) is 16.9. The summed E-state index contributed by atoms with van der Waals surface area (Å²) in [7, 11) is -3.94. The first-order valence-corrected chi connectivity index (χ1v) is 14.2. The maximum Gasteiger partial charge on any atom is 0.372 e. The monoisotopic (exact) mass is 484 g/mol. The molecule has 4 aromatic rings. The lowest BCUT2D eigenvalue weighted by Gasteiger charge is -2.30. The number of hydrogen-bond acceptors (Lipinski definition) is 4. The van der Waals surface area contributed by atoms with Gasteiger partial charge in [0.2, 0.25) is 0 Å². The van der Waals surface area contributed by atoms with Crippen LogP contribution in [0.1, 0.15) is 27.7 Å². The molecule has 0 aliphatic heterocycles. The third-order valence-electron chi connectivity index (χ3n) is 6.10. The fraction of sp³-hybridized carbons (Fsp3) is 0.267. The second kappa shape index (κ2) is 10.4. The molecule has 0 atom stereocenters. The van der Waals surface area contributed by atoms with Gasteiger partial charge in [-0.15, -0.1) is 0 Å². The van der Waals surface area contributed by atoms with Crippen LogP contribution in [-0.4, -0.2) is 32.5 Å². The Hall–Kier alpha value is -3.44. The minimum atomic E-state index is -3.94. The summed E-state index contributed by atoms with van der Waals surface area (Å²) >= 11 is 0. The highest BCUT2D eigenvalue weighted by molar-refractivity contribution is 7.38. The molecule has 35 heavy (non-hydrogen) atoms. The first kappa shape index (κ1) is 24.7. The number of fused-ring (bicyclic) bond motifs is 2. The fourth-order valence-corrected chi connectivity index (χ4v) is 8.37. The lowest BCUT2D eigenvalue weighted by atomic mass is 10.1. The SMILES string of the molecule is CC(C)COC(=O)[Si](C(=O)OCC(C)C)(c1cccc2ccccc12)c1cccc2ccccc12. The highest BCUT2D eigenvalue weighted by Gasteiger charge is 2.58. The van der Waals surface area contributed by atoms with Crippen LogP contribution < -0.4 is 10.4 Å². The average Bonchev–Trinajstić information content (AvgIpc) is 2.86. The lowest BCUT2D eigenvalue weighted by molar-refractivity contribution is 0.147. The van der Waals surface area contributed by atoms with E-state index in [0.717, 1.165) is 21.5 Å². The Morgan fingerprint density at radius 2 is 0.971 bits per heavy atom. The first-order valence-electron chi connectivity index (χ1n) is 12.2. The summed E-state index contributed by atoms with van der Waals surface area (Å²) in [6.45, 7) is 8.43. The Kier molecular flexibility index (Phi) is 7.36. The number of rotatable bonds is 8. The van der Waals surface area contributed by atoms with Gasteiger partial charge in [0, 0.05) is 0 Å². The highest BCUT2D eigenvalue weighted by Crippen LogP contribution is 2.24. The molecule has 0 radical (unpaired) electrons. The largest absolute Gasteiger partial charge is 0.469 e. The van der Waals surface area contributed by atoms with Gasteiger partial charge in [-0.3, -0.25) is 9.59 Å². The Morgan fingerprint density at radius 3 is 1.37 bits per heavy atom. The van der Waals surface area contributed by atoms with Crippen molar-refractivity contribution in [3.63, 3.8) is 0 Å². The van der Waals surface area contributed by atoms with E-state index in [-0.39, 0.29) is 25.0 Å². The van der Waals surface area contributed by atoms with Crippen molar-refractivity contribution < 1.29 is 19.1 Å². The molecule has 4 aromatic carbocycles. The smallest absolute Gasteiger partial charge is 0.372 e. The minimum absolute atomic E-state index is 0.136. The fourth-order valence-electron chi connectivity index (χ4n) is 4.47. The predicted octanol–water partition coefficient (Wildman–Crippen LogP) is 6.30. The molecule has 0 aliphatic rings. The average molecular weight is 485 g/mol. The van der Waals surface area contributed by atoms with Crippen LogP contribution in [0, 0.1) is 11.8 Å². The number of hydrogen-bond donors (Lipinski definition) is 0. The zero-order valence-corrected chi connectivity index (χ0v) is 21.8. The van der Waals surface area contributed by atoms with E-state index in [1.165, 1.54) is 0 Å². The van der Waals surface area contributed by atoms with Crippen LogP contribution in [0.2, 0.25) is 0 Å². The molecule has 0 saturated carbocycles. The second-order valence-corrected chi connectivity index (χ2v) is 13.2. The summed E-state index contributed by atoms with van der Waals surface area (Å²) in [5.74, 6) is 0.273. The lowest BCUT2D eigenvalue weighted by Crippen LogP contribution is -2.71. The third kappa shape index (κ3) is 4.73. The topological polar surface area (TPSA) is 52.6 Å². The van der Waals surface area contributed by atoms with Gasteiger partial charge in [-0.2, -0.15) is 0 Å². The summed E-state index contributed by atoms with van der Waals surface area (Å²) in [6.07, 6.45) is 0. The van der Waals surface area contributed by atoms with Crippen molar-refractivity contribution >= 4 is 51.2 Å². The van der Waals surface area contributed by atoms with Gasteiger partial charge in [-0.25, -0.2) is 0 Å². The van der Waals surface area contributed by atoms with E-state index in [4.69, 9.17) is 9.47 Å². The van der Waals surface area contributed by atoms with E-state index in [1.54, 1.807) is 0 Å². The maximum atomic E-state index is 14.3. The number of ether oxygens (including phenoxy) is 2. The Morgan fingerprint density at radius 1 is 0.600 bits per heavy atom. The zero-order chi connectivity index (χ0) is 25.0. The molecule has 4 nitrogen and oxygen atoms in total. The van der Waals surface area contributed by atoms with Gasteiger partial charge in [-0.1, -0.05) is 113 Å². The van der Waals surface area contributed by atoms with Crippen LogP contribution in [0.3, 0.4) is 0 Å². The molecule has 5 heteroatoms. The van der Waals surface area contributed by atoms with E-state index in [2.05, 4.69) is 0 Å². The molecule has 0 spiro atoms. The predicted molar refractivity (Wildman–Crippen MR) is 145 cm³/mol. The van der Waals surface area contributed by atoms with Crippen LogP contribution in [-0.2, 0) is 9.47 Å². The van der Waals surface area contributed by atoms with Gasteiger partial charge >= 0.3 is 8.07 Å². The van der Waals surface area contributed by atoms with Gasteiger partial charge in [0.15, 0.2) is 0 Å². The van der Waals surface area contributed by atoms with Crippen molar-refractivity contribution in [1.82, 2.24) is 0 Å². The molecule has 180 valence electrons. The highest BCUT2D eigenvalue weighted by atomic mass is 28.3. The van der Waals surface area contributed by atoms with Crippen LogP contribution in [0.25, 0.3) is 21.5 Å². The Labute approximate surface area is 207 Å². The summed E-state index contributed by atoms with van der Waals surface area (Å²) in [6, 6.07) is 27.4. The van der Waals surface area contributed by atoms with Gasteiger partial charge in [0.1, 0.15) is 0 Å². The molecule has 0 N–H and O–H groups in total. The standard InChI is InChI=1S/C30H32O4Si/c1-21(2)19-33-29(31)35(30(32)34-20-22(3)4,27-17-9-13-23-11-5-7-15-25(23)27)28-18-10-14-24-12-6-8-16-26(24)28/h5-18,21-22H,19-20H2,1-4H3. The maximum absolute atomic E-state index is 14.3. The van der Waals surface area contributed by atoms with Crippen molar-refractivity contribution in [2.75, 3.05) is 13.2 Å². The van der Waals surface area contributed by atoms with Crippen molar-refractivity contribution in [2.24, 2.45) is 11.8 Å². The summed E-state index contributed by atoms with van der Waals surface area (Å²) in [5, 5.41) is 5.09. The van der Waals surface area contributed by atoms with E-state index >= 15 is 0 Å². The Balaban J connectivity index is 2.10. The van der Waals surface area contributed by atoms with Gasteiger partial charge in [0.25, 0.3) is 11.2 Å². The minimum Gasteiger partial charge on any atom is -0.469 e. The van der Waals surface area contributed by atoms with Crippen LogP contribution in [0.5, 0.6) is 0 Å². The van der Waals surface area contributed by atoms with Crippen LogP contribution in [0.15, 0.2) is 84.9 Å². The van der Waals surface area contributed by atoms with Gasteiger partial charge in [-0.05, 0) is 43.8 Å². The molecular formula is C30H32O4Si. The summed E-state index contributed by atoms with van der Waals surface area (Å²) in [4.78, 5) is 28.6. The molecule has 0 aromatic heterocycles. The molecular weight excluding hydrogens is 452 g/mol. The van der Waals surface area contributed by atoms with Crippen molar-refractivity contribution in [3.05, 3.63) is 84.9 Å². The molecule has 0 fully saturated rings. The van der Waals surface area contributed by atoms with Crippen molar-refractivity contribution in [2.45, 2.75) is 27.7 Å². The van der Waals surface area contributed by atoms with Crippen LogP contribution in [0.4, 0.5) is 9.59 Å². The quantitative estimate of drug-likeness (QED) is 0.275. The molecule has 0 bridgehead atoms. The molecule has 0 amide bonds. The van der Waals surface area contributed by atoms with Gasteiger partial charge < -0.3 is 9.47 Å². The normalized spacial score (nSPS) is 11.8. The van der Waals surface area contributed by atoms with Crippen molar-refractivity contribution in [1.29, 1.82) is 0 Å². The Bertz CT molecular complexity index is 1240. The van der Waals surface area contributed by atoms with E-state index in [0.29, 0.717) is 10.4 Å². The molecule has 0 heterocycles. The number of carbonyl (C=O) groups excluding carboxylic acids is 2.